The molecule has 0 heterocycles. The van der Waals surface area contributed by atoms with Crippen molar-refractivity contribution in [3.63, 3.8) is 0 Å². The van der Waals surface area contributed by atoms with Crippen LogP contribution in [0, 0.1) is 5.41 Å². The molecule has 2 N–H and O–H groups in total. The fourth-order valence-corrected chi connectivity index (χ4v) is 1.34. The lowest BCUT2D eigenvalue weighted by Gasteiger charge is -2.33. The number of aliphatic hydroxyl groups is 1. The van der Waals surface area contributed by atoms with Gasteiger partial charge < -0.3 is 10.4 Å². The van der Waals surface area contributed by atoms with Gasteiger partial charge in [0.2, 0.25) is 0 Å². The zero-order valence-electron chi connectivity index (χ0n) is 8.36. The summed E-state index contributed by atoms with van der Waals surface area (Å²) in [5, 5.41) is 12.2. The van der Waals surface area contributed by atoms with Crippen LogP contribution in [0.3, 0.4) is 0 Å². The van der Waals surface area contributed by atoms with E-state index in [1.807, 2.05) is 7.05 Å². The van der Waals surface area contributed by atoms with Crippen molar-refractivity contribution in [2.75, 3.05) is 13.7 Å². The van der Waals surface area contributed by atoms with Gasteiger partial charge in [-0.3, -0.25) is 0 Å². The van der Waals surface area contributed by atoms with E-state index in [0.717, 1.165) is 6.42 Å². The molecule has 0 spiro atoms. The third-order valence-corrected chi connectivity index (χ3v) is 2.03. The average molecular weight is 159 g/mol. The Balaban J connectivity index is 4.02. The molecule has 0 aromatic rings. The molecule has 0 amide bonds. The van der Waals surface area contributed by atoms with E-state index in [-0.39, 0.29) is 17.6 Å². The van der Waals surface area contributed by atoms with Crippen LogP contribution in [0.15, 0.2) is 0 Å². The van der Waals surface area contributed by atoms with Crippen LogP contribution in [0.4, 0.5) is 0 Å². The van der Waals surface area contributed by atoms with Gasteiger partial charge in [0.1, 0.15) is 0 Å². The van der Waals surface area contributed by atoms with E-state index in [1.165, 1.54) is 0 Å². The van der Waals surface area contributed by atoms with Crippen LogP contribution in [0.25, 0.3) is 0 Å². The lowest BCUT2D eigenvalue weighted by molar-refractivity contribution is 0.120. The third kappa shape index (κ3) is 4.38. The summed E-state index contributed by atoms with van der Waals surface area (Å²) in [6, 6.07) is 0. The quantitative estimate of drug-likeness (QED) is 0.649. The van der Waals surface area contributed by atoms with E-state index < -0.39 is 0 Å². The zero-order valence-corrected chi connectivity index (χ0v) is 8.36. The molecule has 0 bridgehead atoms. The highest BCUT2D eigenvalue weighted by Gasteiger charge is 2.26. The third-order valence-electron chi connectivity index (χ3n) is 2.03. The summed E-state index contributed by atoms with van der Waals surface area (Å²) in [4.78, 5) is 0. The van der Waals surface area contributed by atoms with Crippen molar-refractivity contribution in [1.29, 1.82) is 0 Å². The molecule has 0 unspecified atom stereocenters. The topological polar surface area (TPSA) is 32.3 Å². The van der Waals surface area contributed by atoms with Crippen LogP contribution in [0.2, 0.25) is 0 Å². The summed E-state index contributed by atoms with van der Waals surface area (Å²) in [6.45, 7) is 8.69. The van der Waals surface area contributed by atoms with Crippen LogP contribution in [0.5, 0.6) is 0 Å². The van der Waals surface area contributed by atoms with Crippen LogP contribution in [-0.4, -0.2) is 24.3 Å². The first kappa shape index (κ1) is 10.9. The Morgan fingerprint density at radius 1 is 1.18 bits per heavy atom. The lowest BCUT2D eigenvalue weighted by atomic mass is 9.81. The van der Waals surface area contributed by atoms with Crippen molar-refractivity contribution in [1.82, 2.24) is 5.32 Å². The highest BCUT2D eigenvalue weighted by Crippen LogP contribution is 2.26. The SMILES string of the molecule is CNC(C)(C)CC(C)(C)CO. The maximum absolute atomic E-state index is 9.03. The molecule has 2 heteroatoms. The smallest absolute Gasteiger partial charge is 0.0482 e. The highest BCUT2D eigenvalue weighted by atomic mass is 16.3. The van der Waals surface area contributed by atoms with E-state index in [9.17, 15) is 0 Å². The fraction of sp³-hybridized carbons (Fsp3) is 1.00. The maximum atomic E-state index is 9.03. The van der Waals surface area contributed by atoms with E-state index >= 15 is 0 Å². The second-order valence-electron chi connectivity index (χ2n) is 4.63. The largest absolute Gasteiger partial charge is 0.396 e. The highest BCUT2D eigenvalue weighted by molar-refractivity contribution is 4.83. The second kappa shape index (κ2) is 3.55. The van der Waals surface area contributed by atoms with Gasteiger partial charge in [-0.2, -0.15) is 0 Å². The summed E-state index contributed by atoms with van der Waals surface area (Å²) in [6.07, 6.45) is 0.979. The molecular weight excluding hydrogens is 138 g/mol. The van der Waals surface area contributed by atoms with Gasteiger partial charge in [-0.1, -0.05) is 13.8 Å². The molecule has 68 valence electrons. The Morgan fingerprint density at radius 3 is 1.91 bits per heavy atom. The summed E-state index contributed by atoms with van der Waals surface area (Å²) in [5.41, 5.74) is 0.138. The number of nitrogens with one attached hydrogen (secondary N) is 1. The minimum atomic E-state index is 0.0203. The first-order valence-corrected chi connectivity index (χ1v) is 4.13. The molecule has 0 aromatic heterocycles. The summed E-state index contributed by atoms with van der Waals surface area (Å²) < 4.78 is 0. The predicted molar refractivity (Wildman–Crippen MR) is 48.6 cm³/mol. The Hall–Kier alpha value is -0.0800. The maximum Gasteiger partial charge on any atom is 0.0482 e. The van der Waals surface area contributed by atoms with Gasteiger partial charge in [-0.25, -0.2) is 0 Å². The minimum Gasteiger partial charge on any atom is -0.396 e. The normalized spacial score (nSPS) is 13.6. The van der Waals surface area contributed by atoms with Crippen molar-refractivity contribution < 1.29 is 5.11 Å². The standard InChI is InChI=1S/C9H21NO/c1-8(2,7-11)6-9(3,4)10-5/h10-11H,6-7H2,1-5H3. The first-order valence-electron chi connectivity index (χ1n) is 4.13. The van der Waals surface area contributed by atoms with Crippen molar-refractivity contribution >= 4 is 0 Å². The molecule has 0 saturated heterocycles. The molecular formula is C9H21NO. The molecule has 11 heavy (non-hydrogen) atoms. The summed E-state index contributed by atoms with van der Waals surface area (Å²) in [7, 11) is 1.95. The van der Waals surface area contributed by atoms with Gasteiger partial charge in [0.05, 0.1) is 0 Å². The van der Waals surface area contributed by atoms with Crippen LogP contribution < -0.4 is 5.32 Å². The fourth-order valence-electron chi connectivity index (χ4n) is 1.34. The van der Waals surface area contributed by atoms with E-state index in [1.54, 1.807) is 0 Å². The monoisotopic (exact) mass is 159 g/mol. The van der Waals surface area contributed by atoms with Gasteiger partial charge in [0, 0.05) is 12.1 Å². The predicted octanol–water partition coefficient (Wildman–Crippen LogP) is 1.39. The van der Waals surface area contributed by atoms with Gasteiger partial charge in [-0.05, 0) is 32.7 Å². The summed E-state index contributed by atoms with van der Waals surface area (Å²) >= 11 is 0. The molecule has 0 saturated carbocycles. The van der Waals surface area contributed by atoms with E-state index in [2.05, 4.69) is 33.0 Å². The lowest BCUT2D eigenvalue weighted by Crippen LogP contribution is -2.41. The molecule has 0 rings (SSSR count). The van der Waals surface area contributed by atoms with Gasteiger partial charge in [-0.15, -0.1) is 0 Å². The van der Waals surface area contributed by atoms with Crippen molar-refractivity contribution in [3.05, 3.63) is 0 Å². The first-order chi connectivity index (χ1) is 4.83. The molecule has 2 nitrogen and oxygen atoms in total. The minimum absolute atomic E-state index is 0.0203. The van der Waals surface area contributed by atoms with Crippen molar-refractivity contribution in [2.24, 2.45) is 5.41 Å². The van der Waals surface area contributed by atoms with Gasteiger partial charge in [0.15, 0.2) is 0 Å². The van der Waals surface area contributed by atoms with E-state index in [0.29, 0.717) is 0 Å². The number of hydrogen-bond acceptors (Lipinski definition) is 2. The molecule has 0 fully saturated rings. The average Bonchev–Trinajstić information content (AvgIpc) is 1.86. The Bertz CT molecular complexity index is 105. The Morgan fingerprint density at radius 2 is 1.64 bits per heavy atom. The van der Waals surface area contributed by atoms with Crippen molar-refractivity contribution in [2.45, 2.75) is 39.7 Å². The molecule has 0 aliphatic carbocycles. The van der Waals surface area contributed by atoms with Crippen molar-refractivity contribution in [3.8, 4) is 0 Å². The Labute approximate surface area is 70.0 Å². The van der Waals surface area contributed by atoms with Gasteiger partial charge in [0.25, 0.3) is 0 Å². The molecule has 0 aliphatic rings. The van der Waals surface area contributed by atoms with Crippen LogP contribution in [0.1, 0.15) is 34.1 Å². The van der Waals surface area contributed by atoms with Crippen LogP contribution >= 0.6 is 0 Å². The molecule has 0 atom stereocenters. The Kier molecular flexibility index (Phi) is 3.52. The zero-order chi connectivity index (χ0) is 9.12. The molecule has 0 aromatic carbocycles. The number of aliphatic hydroxyl groups excluding tert-OH is 1. The molecule has 0 radical (unpaired) electrons. The van der Waals surface area contributed by atoms with E-state index in [4.69, 9.17) is 5.11 Å². The summed E-state index contributed by atoms with van der Waals surface area (Å²) in [5.74, 6) is 0. The number of hydrogen-bond donors (Lipinski definition) is 2. The molecule has 0 aliphatic heterocycles. The second-order valence-corrected chi connectivity index (χ2v) is 4.63. The van der Waals surface area contributed by atoms with Gasteiger partial charge >= 0.3 is 0 Å². The van der Waals surface area contributed by atoms with Crippen LogP contribution in [-0.2, 0) is 0 Å². The number of rotatable bonds is 4.